The van der Waals surface area contributed by atoms with Gasteiger partial charge in [-0.05, 0) is 24.1 Å². The van der Waals surface area contributed by atoms with E-state index < -0.39 is 37.6 Å². The Morgan fingerprint density at radius 1 is 1.14 bits per heavy atom. The van der Waals surface area contributed by atoms with E-state index in [0.717, 1.165) is 12.1 Å². The van der Waals surface area contributed by atoms with Crippen LogP contribution in [0.5, 0.6) is 0 Å². The molecule has 0 aromatic heterocycles. The van der Waals surface area contributed by atoms with E-state index in [4.69, 9.17) is 15.5 Å². The molecule has 0 radical (unpaired) electrons. The molecule has 0 aliphatic rings. The van der Waals surface area contributed by atoms with Gasteiger partial charge < -0.3 is 5.11 Å². The summed E-state index contributed by atoms with van der Waals surface area (Å²) in [4.78, 5) is -0.318. The van der Waals surface area contributed by atoms with Crippen LogP contribution in [0.3, 0.4) is 0 Å². The van der Waals surface area contributed by atoms with Crippen LogP contribution in [0, 0.1) is 0 Å². The minimum absolute atomic E-state index is 0.171. The molecule has 0 spiro atoms. The first-order valence-corrected chi connectivity index (χ1v) is 9.21. The molecule has 0 heterocycles. The lowest BCUT2D eigenvalue weighted by molar-refractivity contribution is 0.319. The van der Waals surface area contributed by atoms with Gasteiger partial charge in [0.15, 0.2) is 9.84 Å². The molecule has 0 bridgehead atoms. The van der Waals surface area contributed by atoms with Gasteiger partial charge in [-0.2, -0.15) is 8.42 Å². The van der Waals surface area contributed by atoms with Crippen LogP contribution in [0.1, 0.15) is 17.2 Å². The quantitative estimate of drug-likeness (QED) is 0.275. The molecule has 1 rings (SSSR count). The van der Waals surface area contributed by atoms with Gasteiger partial charge in [0, 0.05) is 6.54 Å². The molecule has 1 atom stereocenters. The molecule has 10 heteroatoms. The highest BCUT2D eigenvalue weighted by atomic mass is 32.2. The minimum Gasteiger partial charge on any atom is -0.395 e. The lowest BCUT2D eigenvalue weighted by Crippen LogP contribution is -2.28. The molecule has 0 saturated carbocycles. The molecule has 0 fully saturated rings. The van der Waals surface area contributed by atoms with Crippen LogP contribution in [0.4, 0.5) is 0 Å². The number of aliphatic hydroxyl groups excluding tert-OH is 1. The Morgan fingerprint density at radius 3 is 2.14 bits per heavy atom. The van der Waals surface area contributed by atoms with Gasteiger partial charge in [-0.15, -0.1) is 0 Å². The average Bonchev–Trinajstić information content (AvgIpc) is 2.38. The fourth-order valence-corrected chi connectivity index (χ4v) is 3.96. The zero-order valence-electron chi connectivity index (χ0n) is 11.1. The number of nitrogens with two attached hydrogens (primary N) is 1. The third-order valence-corrected chi connectivity index (χ3v) is 5.90. The SMILES string of the molecule is NNCCC(c1ccc(S(=O)(=O)O)cc1)S(=O)(=O)CCO. The Balaban J connectivity index is 3.15. The normalized spacial score (nSPS) is 14.0. The first-order valence-electron chi connectivity index (χ1n) is 6.05. The maximum absolute atomic E-state index is 12.1. The summed E-state index contributed by atoms with van der Waals surface area (Å²) in [6, 6.07) is 4.89. The fourth-order valence-electron chi connectivity index (χ4n) is 1.89. The highest BCUT2D eigenvalue weighted by Gasteiger charge is 2.26. The average molecular weight is 338 g/mol. The first kappa shape index (κ1) is 18.0. The molecule has 5 N–H and O–H groups in total. The van der Waals surface area contributed by atoms with Crippen LogP contribution < -0.4 is 11.3 Å². The molecule has 0 aliphatic heterocycles. The molecule has 0 amide bonds. The van der Waals surface area contributed by atoms with Gasteiger partial charge in [0.05, 0.1) is 22.5 Å². The Kier molecular flexibility index (Phi) is 6.25. The van der Waals surface area contributed by atoms with E-state index in [1.165, 1.54) is 12.1 Å². The van der Waals surface area contributed by atoms with E-state index in [0.29, 0.717) is 5.56 Å². The highest BCUT2D eigenvalue weighted by molar-refractivity contribution is 7.91. The first-order chi connectivity index (χ1) is 9.72. The molecule has 0 aliphatic carbocycles. The summed E-state index contributed by atoms with van der Waals surface area (Å²) in [6.45, 7) is -0.270. The van der Waals surface area contributed by atoms with Gasteiger partial charge in [0.1, 0.15) is 0 Å². The number of hydrogen-bond donors (Lipinski definition) is 4. The van der Waals surface area contributed by atoms with E-state index in [-0.39, 0.29) is 17.9 Å². The molecule has 21 heavy (non-hydrogen) atoms. The molecular formula is C11H18N2O6S2. The standard InChI is InChI=1S/C11H18N2O6S2/c12-13-6-5-11(20(15,16)8-7-14)9-1-3-10(4-2-9)21(17,18)19/h1-4,11,13-14H,5-8,12H2,(H,17,18,19). The van der Waals surface area contributed by atoms with Crippen molar-refractivity contribution in [1.82, 2.24) is 5.43 Å². The van der Waals surface area contributed by atoms with Gasteiger partial charge in [-0.3, -0.25) is 15.8 Å². The number of nitrogens with one attached hydrogen (secondary N) is 1. The zero-order chi connectivity index (χ0) is 16.1. The number of hydrazine groups is 1. The van der Waals surface area contributed by atoms with Crippen LogP contribution in [-0.4, -0.2) is 45.4 Å². The maximum atomic E-state index is 12.1. The van der Waals surface area contributed by atoms with Gasteiger partial charge >= 0.3 is 0 Å². The second-order valence-corrected chi connectivity index (χ2v) is 8.09. The molecule has 1 aromatic rings. The van der Waals surface area contributed by atoms with E-state index in [9.17, 15) is 16.8 Å². The van der Waals surface area contributed by atoms with Crippen LogP contribution in [0.2, 0.25) is 0 Å². The van der Waals surface area contributed by atoms with Gasteiger partial charge in [0.2, 0.25) is 0 Å². The maximum Gasteiger partial charge on any atom is 0.294 e. The highest BCUT2D eigenvalue weighted by Crippen LogP contribution is 2.27. The number of aliphatic hydroxyl groups is 1. The summed E-state index contributed by atoms with van der Waals surface area (Å²) in [6.07, 6.45) is 0.171. The van der Waals surface area contributed by atoms with Crippen molar-refractivity contribution in [2.45, 2.75) is 16.6 Å². The van der Waals surface area contributed by atoms with Crippen LogP contribution >= 0.6 is 0 Å². The second kappa shape index (κ2) is 7.29. The summed E-state index contributed by atoms with van der Waals surface area (Å²) in [5.41, 5.74) is 2.72. The van der Waals surface area contributed by atoms with E-state index >= 15 is 0 Å². The van der Waals surface area contributed by atoms with Crippen molar-refractivity contribution in [3.05, 3.63) is 29.8 Å². The Bertz CT molecular complexity index is 654. The third-order valence-electron chi connectivity index (χ3n) is 2.91. The molecule has 8 nitrogen and oxygen atoms in total. The number of sulfone groups is 1. The predicted octanol–water partition coefficient (Wildman–Crippen LogP) is -0.765. The van der Waals surface area contributed by atoms with Crippen molar-refractivity contribution in [2.24, 2.45) is 5.84 Å². The van der Waals surface area contributed by atoms with Crippen molar-refractivity contribution >= 4 is 20.0 Å². The van der Waals surface area contributed by atoms with E-state index in [2.05, 4.69) is 5.43 Å². The van der Waals surface area contributed by atoms with Gasteiger partial charge in [0.25, 0.3) is 10.1 Å². The van der Waals surface area contributed by atoms with Crippen molar-refractivity contribution in [3.63, 3.8) is 0 Å². The number of benzene rings is 1. The largest absolute Gasteiger partial charge is 0.395 e. The summed E-state index contributed by atoms with van der Waals surface area (Å²) < 4.78 is 55.1. The Labute approximate surface area is 123 Å². The van der Waals surface area contributed by atoms with Crippen molar-refractivity contribution in [1.29, 1.82) is 0 Å². The smallest absolute Gasteiger partial charge is 0.294 e. The lowest BCUT2D eigenvalue weighted by Gasteiger charge is -2.17. The summed E-state index contributed by atoms with van der Waals surface area (Å²) in [5, 5.41) is 7.92. The lowest BCUT2D eigenvalue weighted by atomic mass is 10.1. The molecule has 1 aromatic carbocycles. The van der Waals surface area contributed by atoms with Crippen molar-refractivity contribution < 1.29 is 26.5 Å². The Morgan fingerprint density at radius 2 is 1.71 bits per heavy atom. The van der Waals surface area contributed by atoms with E-state index in [1.807, 2.05) is 0 Å². The third kappa shape index (κ3) is 5.02. The molecular weight excluding hydrogens is 320 g/mol. The van der Waals surface area contributed by atoms with Crippen molar-refractivity contribution in [2.75, 3.05) is 18.9 Å². The summed E-state index contributed by atoms with van der Waals surface area (Å²) in [5.74, 6) is 4.75. The molecule has 0 saturated heterocycles. The van der Waals surface area contributed by atoms with Gasteiger partial charge in [-0.25, -0.2) is 8.42 Å². The Hall–Kier alpha value is -1.04. The van der Waals surface area contributed by atoms with Crippen LogP contribution in [-0.2, 0) is 20.0 Å². The fraction of sp³-hybridized carbons (Fsp3) is 0.455. The minimum atomic E-state index is -4.33. The number of rotatable bonds is 8. The molecule has 1 unspecified atom stereocenters. The van der Waals surface area contributed by atoms with E-state index in [1.54, 1.807) is 0 Å². The van der Waals surface area contributed by atoms with Crippen molar-refractivity contribution in [3.8, 4) is 0 Å². The van der Waals surface area contributed by atoms with Crippen LogP contribution in [0.25, 0.3) is 0 Å². The zero-order valence-corrected chi connectivity index (χ0v) is 12.8. The molecule has 120 valence electrons. The monoisotopic (exact) mass is 338 g/mol. The van der Waals surface area contributed by atoms with Gasteiger partial charge in [-0.1, -0.05) is 12.1 Å². The summed E-state index contributed by atoms with van der Waals surface area (Å²) >= 11 is 0. The number of hydrogen-bond acceptors (Lipinski definition) is 7. The summed E-state index contributed by atoms with van der Waals surface area (Å²) in [7, 11) is -7.93. The predicted molar refractivity (Wildman–Crippen MR) is 76.7 cm³/mol. The topological polar surface area (TPSA) is 147 Å². The second-order valence-electron chi connectivity index (χ2n) is 4.37. The van der Waals surface area contributed by atoms with Crippen LogP contribution in [0.15, 0.2) is 29.2 Å².